The molecule has 10 heavy (non-hydrogen) atoms. The molecule has 1 atom stereocenters. The Labute approximate surface area is 56.6 Å². The zero-order valence-corrected chi connectivity index (χ0v) is 5.07. The van der Waals surface area contributed by atoms with Crippen LogP contribution in [0.1, 0.15) is 6.42 Å². The topological polar surface area (TPSA) is 113 Å². The van der Waals surface area contributed by atoms with Crippen LogP contribution in [-0.2, 0) is 9.59 Å². The van der Waals surface area contributed by atoms with Crippen molar-refractivity contribution in [1.82, 2.24) is 5.48 Å². The molecule has 1 amide bonds. The molecule has 0 aliphatic heterocycles. The number of carbonyl (C=O) groups is 2. The summed E-state index contributed by atoms with van der Waals surface area (Å²) in [5.74, 6) is -2.10. The fraction of sp³-hybridized carbons (Fsp3) is 0.500. The van der Waals surface area contributed by atoms with Crippen molar-refractivity contribution in [3.05, 3.63) is 0 Å². The quantitative estimate of drug-likeness (QED) is 0.355. The molecule has 5 N–H and O–H groups in total. The predicted octanol–water partition coefficient (Wildman–Crippen LogP) is -1.71. The van der Waals surface area contributed by atoms with E-state index in [0.29, 0.717) is 0 Å². The van der Waals surface area contributed by atoms with Crippen LogP contribution in [0.25, 0.3) is 0 Å². The van der Waals surface area contributed by atoms with Gasteiger partial charge < -0.3 is 16.0 Å². The van der Waals surface area contributed by atoms with Gasteiger partial charge in [0, 0.05) is 0 Å². The number of hydroxylamine groups is 1. The molecule has 0 saturated carbocycles. The van der Waals surface area contributed by atoms with E-state index in [1.165, 1.54) is 5.48 Å². The highest BCUT2D eigenvalue weighted by molar-refractivity contribution is 5.83. The Morgan fingerprint density at radius 2 is 2.10 bits per heavy atom. The van der Waals surface area contributed by atoms with Crippen LogP contribution in [0.2, 0.25) is 0 Å². The maximum atomic E-state index is 10.1. The predicted molar refractivity (Wildman–Crippen MR) is 30.2 cm³/mol. The van der Waals surface area contributed by atoms with Crippen LogP contribution in [0.4, 0.5) is 0 Å². The van der Waals surface area contributed by atoms with Crippen molar-refractivity contribution in [2.24, 2.45) is 5.73 Å². The molecule has 0 spiro atoms. The standard InChI is InChI=1S/C4H8N2O4/c5-3(7)1-2(6-10)4(8)9/h2,6,10H,1H2,(H2,5,7)(H,8,9). The summed E-state index contributed by atoms with van der Waals surface area (Å²) in [6.07, 6.45) is -0.425. The van der Waals surface area contributed by atoms with Gasteiger partial charge in [-0.2, -0.15) is 5.48 Å². The van der Waals surface area contributed by atoms with Gasteiger partial charge in [-0.25, -0.2) is 0 Å². The van der Waals surface area contributed by atoms with Crippen molar-refractivity contribution in [2.45, 2.75) is 12.5 Å². The van der Waals surface area contributed by atoms with Crippen molar-refractivity contribution >= 4 is 11.9 Å². The van der Waals surface area contributed by atoms with E-state index in [1.807, 2.05) is 0 Å². The fourth-order valence-corrected chi connectivity index (χ4v) is 0.389. The minimum absolute atomic E-state index is 0.425. The Hall–Kier alpha value is -1.14. The van der Waals surface area contributed by atoms with Gasteiger partial charge in [-0.1, -0.05) is 0 Å². The Morgan fingerprint density at radius 3 is 2.20 bits per heavy atom. The summed E-state index contributed by atoms with van der Waals surface area (Å²) in [5, 5.41) is 16.3. The van der Waals surface area contributed by atoms with Gasteiger partial charge >= 0.3 is 5.97 Å². The highest BCUT2D eigenvalue weighted by atomic mass is 16.5. The highest BCUT2D eigenvalue weighted by Gasteiger charge is 2.17. The molecule has 6 heteroatoms. The van der Waals surface area contributed by atoms with Crippen LogP contribution in [0.15, 0.2) is 0 Å². The molecule has 0 aromatic heterocycles. The minimum atomic E-state index is -1.32. The van der Waals surface area contributed by atoms with E-state index in [4.69, 9.17) is 10.3 Å². The van der Waals surface area contributed by atoms with Gasteiger partial charge in [0.15, 0.2) is 0 Å². The van der Waals surface area contributed by atoms with E-state index >= 15 is 0 Å². The molecule has 0 fully saturated rings. The molecule has 0 heterocycles. The number of carboxylic acids is 1. The van der Waals surface area contributed by atoms with Crippen LogP contribution in [-0.4, -0.2) is 28.2 Å². The van der Waals surface area contributed by atoms with E-state index in [2.05, 4.69) is 5.73 Å². The Balaban J connectivity index is 3.83. The molecule has 6 nitrogen and oxygen atoms in total. The molecule has 0 saturated heterocycles. The zero-order valence-electron chi connectivity index (χ0n) is 5.07. The van der Waals surface area contributed by atoms with Crippen LogP contribution >= 0.6 is 0 Å². The van der Waals surface area contributed by atoms with Crippen molar-refractivity contribution in [3.8, 4) is 0 Å². The average Bonchev–Trinajstić information content (AvgIpc) is 1.81. The largest absolute Gasteiger partial charge is 0.480 e. The number of amides is 1. The molecule has 0 aliphatic rings. The van der Waals surface area contributed by atoms with E-state index in [-0.39, 0.29) is 0 Å². The first-order valence-corrected chi connectivity index (χ1v) is 2.48. The van der Waals surface area contributed by atoms with Gasteiger partial charge in [-0.05, 0) is 0 Å². The minimum Gasteiger partial charge on any atom is -0.480 e. The number of aliphatic carboxylic acids is 1. The van der Waals surface area contributed by atoms with Crippen molar-refractivity contribution in [2.75, 3.05) is 0 Å². The molecule has 1 unspecified atom stereocenters. The molecular formula is C4H8N2O4. The third-order valence-electron chi connectivity index (χ3n) is 0.859. The maximum Gasteiger partial charge on any atom is 0.323 e. The van der Waals surface area contributed by atoms with Crippen molar-refractivity contribution in [3.63, 3.8) is 0 Å². The summed E-state index contributed by atoms with van der Waals surface area (Å²) >= 11 is 0. The summed E-state index contributed by atoms with van der Waals surface area (Å²) in [6, 6.07) is -1.31. The van der Waals surface area contributed by atoms with Gasteiger partial charge in [0.05, 0.1) is 6.42 Å². The molecule has 58 valence electrons. The summed E-state index contributed by atoms with van der Waals surface area (Å²) in [5.41, 5.74) is 6.09. The van der Waals surface area contributed by atoms with E-state index in [1.54, 1.807) is 0 Å². The third kappa shape index (κ3) is 3.00. The lowest BCUT2D eigenvalue weighted by Gasteiger charge is -2.05. The number of carboxylic acid groups (broad SMARTS) is 1. The first kappa shape index (κ1) is 8.86. The summed E-state index contributed by atoms with van der Waals surface area (Å²) in [6.45, 7) is 0. The number of rotatable bonds is 4. The molecule has 0 bridgehead atoms. The van der Waals surface area contributed by atoms with Gasteiger partial charge in [-0.3, -0.25) is 9.59 Å². The monoisotopic (exact) mass is 148 g/mol. The van der Waals surface area contributed by atoms with E-state index in [0.717, 1.165) is 0 Å². The van der Waals surface area contributed by atoms with Crippen molar-refractivity contribution < 1.29 is 19.9 Å². The molecule has 0 radical (unpaired) electrons. The first-order valence-electron chi connectivity index (χ1n) is 2.48. The SMILES string of the molecule is NC(=O)CC(NO)C(=O)O. The van der Waals surface area contributed by atoms with Gasteiger partial charge in [-0.15, -0.1) is 0 Å². The lowest BCUT2D eigenvalue weighted by atomic mass is 10.2. The van der Waals surface area contributed by atoms with Crippen LogP contribution in [0.3, 0.4) is 0 Å². The normalized spacial score (nSPS) is 12.5. The van der Waals surface area contributed by atoms with Crippen LogP contribution in [0.5, 0.6) is 0 Å². The lowest BCUT2D eigenvalue weighted by Crippen LogP contribution is -2.37. The lowest BCUT2D eigenvalue weighted by molar-refractivity contribution is -0.144. The van der Waals surface area contributed by atoms with Gasteiger partial charge in [0.25, 0.3) is 0 Å². The highest BCUT2D eigenvalue weighted by Crippen LogP contribution is 1.88. The van der Waals surface area contributed by atoms with E-state index < -0.39 is 24.3 Å². The number of hydrogen-bond acceptors (Lipinski definition) is 4. The second-order valence-electron chi connectivity index (χ2n) is 1.69. The smallest absolute Gasteiger partial charge is 0.323 e. The first-order chi connectivity index (χ1) is 4.57. The Kier molecular flexibility index (Phi) is 3.37. The van der Waals surface area contributed by atoms with Gasteiger partial charge in [0.2, 0.25) is 5.91 Å². The van der Waals surface area contributed by atoms with Crippen molar-refractivity contribution in [1.29, 1.82) is 0 Å². The Morgan fingerprint density at radius 1 is 1.60 bits per heavy atom. The number of carbonyl (C=O) groups excluding carboxylic acids is 1. The second-order valence-corrected chi connectivity index (χ2v) is 1.69. The third-order valence-corrected chi connectivity index (χ3v) is 0.859. The molecule has 0 aromatic carbocycles. The number of nitrogens with two attached hydrogens (primary N) is 1. The fourth-order valence-electron chi connectivity index (χ4n) is 0.389. The maximum absolute atomic E-state index is 10.1. The molecular weight excluding hydrogens is 140 g/mol. The molecule has 0 rings (SSSR count). The Bertz CT molecular complexity index is 146. The second kappa shape index (κ2) is 3.80. The zero-order chi connectivity index (χ0) is 8.15. The summed E-state index contributed by atoms with van der Waals surface area (Å²) in [4.78, 5) is 20.1. The van der Waals surface area contributed by atoms with E-state index in [9.17, 15) is 9.59 Å². The summed E-state index contributed by atoms with van der Waals surface area (Å²) in [7, 11) is 0. The van der Waals surface area contributed by atoms with Gasteiger partial charge in [0.1, 0.15) is 6.04 Å². The van der Waals surface area contributed by atoms with Crippen LogP contribution in [0, 0.1) is 0 Å². The number of primary amides is 1. The number of hydrogen-bond donors (Lipinski definition) is 4. The molecule has 0 aromatic rings. The van der Waals surface area contributed by atoms with Crippen LogP contribution < -0.4 is 11.2 Å². The summed E-state index contributed by atoms with van der Waals surface area (Å²) < 4.78 is 0. The molecule has 0 aliphatic carbocycles. The average molecular weight is 148 g/mol. The number of nitrogens with one attached hydrogen (secondary N) is 1.